The highest BCUT2D eigenvalue weighted by Crippen LogP contribution is 1.85. The largest absolute Gasteiger partial charge is 0.184 e. The molecule has 32 valence electrons. The fourth-order valence-corrected chi connectivity index (χ4v) is 0.0612. The SMILES string of the molecule is Cl.N#CSC#N. The Morgan fingerprint density at radius 2 is 1.50 bits per heavy atom. The van der Waals surface area contributed by atoms with Crippen molar-refractivity contribution in [2.75, 3.05) is 0 Å². The van der Waals surface area contributed by atoms with Gasteiger partial charge in [-0.3, -0.25) is 0 Å². The molecule has 0 bridgehead atoms. The fraction of sp³-hybridized carbons (Fsp3) is 0. The third-order valence-electron chi connectivity index (χ3n) is 0.0913. The Labute approximate surface area is 46.2 Å². The Kier molecular flexibility index (Phi) is 13.5. The zero-order valence-electron chi connectivity index (χ0n) is 2.71. The first kappa shape index (κ1) is 9.15. The molecular formula is C2HClN2S. The van der Waals surface area contributed by atoms with E-state index < -0.39 is 0 Å². The minimum atomic E-state index is 0. The first-order chi connectivity index (χ1) is 2.41. The molecule has 0 spiro atoms. The van der Waals surface area contributed by atoms with Crippen LogP contribution in [0.1, 0.15) is 0 Å². The highest BCUT2D eigenvalue weighted by Gasteiger charge is 1.62. The van der Waals surface area contributed by atoms with Gasteiger partial charge >= 0.3 is 0 Å². The lowest BCUT2D eigenvalue weighted by atomic mass is 11.8. The van der Waals surface area contributed by atoms with Gasteiger partial charge in [-0.2, -0.15) is 10.5 Å². The summed E-state index contributed by atoms with van der Waals surface area (Å²) < 4.78 is 0. The van der Waals surface area contributed by atoms with Crippen molar-refractivity contribution < 1.29 is 0 Å². The summed E-state index contributed by atoms with van der Waals surface area (Å²) in [7, 11) is 0. The van der Waals surface area contributed by atoms with E-state index in [0.29, 0.717) is 11.8 Å². The van der Waals surface area contributed by atoms with Gasteiger partial charge in [0.2, 0.25) is 0 Å². The van der Waals surface area contributed by atoms with Crippen molar-refractivity contribution in [3.8, 4) is 10.8 Å². The lowest BCUT2D eigenvalue weighted by Gasteiger charge is -1.44. The second-order valence-corrected chi connectivity index (χ2v) is 0.854. The van der Waals surface area contributed by atoms with Crippen molar-refractivity contribution in [2.24, 2.45) is 0 Å². The molecule has 0 unspecified atom stereocenters. The van der Waals surface area contributed by atoms with Crippen LogP contribution in [0, 0.1) is 21.3 Å². The molecule has 0 aromatic carbocycles. The second kappa shape index (κ2) is 8.82. The van der Waals surface area contributed by atoms with Gasteiger partial charge in [0.25, 0.3) is 0 Å². The Morgan fingerprint density at radius 1 is 1.17 bits per heavy atom. The molecule has 0 saturated carbocycles. The third-order valence-corrected chi connectivity index (χ3v) is 0.274. The van der Waals surface area contributed by atoms with Crippen molar-refractivity contribution in [1.29, 1.82) is 10.5 Å². The summed E-state index contributed by atoms with van der Waals surface area (Å²) in [6.07, 6.45) is 0. The lowest BCUT2D eigenvalue weighted by molar-refractivity contribution is 1.56. The van der Waals surface area contributed by atoms with Gasteiger partial charge in [0.15, 0.2) is 0 Å². The summed E-state index contributed by atoms with van der Waals surface area (Å²) in [5.74, 6) is 0. The maximum absolute atomic E-state index is 7.56. The first-order valence-electron chi connectivity index (χ1n) is 0.855. The molecule has 0 aliphatic carbocycles. The Hall–Kier alpha value is -0.380. The van der Waals surface area contributed by atoms with E-state index in [2.05, 4.69) is 0 Å². The molecule has 2 nitrogen and oxygen atoms in total. The fourth-order valence-electron chi connectivity index (χ4n) is 0.0204. The van der Waals surface area contributed by atoms with Gasteiger partial charge in [-0.25, -0.2) is 0 Å². The average molecular weight is 121 g/mol. The van der Waals surface area contributed by atoms with Crippen LogP contribution in [-0.4, -0.2) is 0 Å². The Bertz CT molecular complexity index is 76.7. The van der Waals surface area contributed by atoms with E-state index in [9.17, 15) is 0 Å². The molecule has 0 radical (unpaired) electrons. The van der Waals surface area contributed by atoms with Crippen molar-refractivity contribution in [2.45, 2.75) is 0 Å². The minimum absolute atomic E-state index is 0. The number of hydrogen-bond donors (Lipinski definition) is 0. The third kappa shape index (κ3) is 9.47. The van der Waals surface area contributed by atoms with Crippen molar-refractivity contribution in [3.63, 3.8) is 0 Å². The van der Waals surface area contributed by atoms with Crippen LogP contribution in [0.3, 0.4) is 0 Å². The van der Waals surface area contributed by atoms with Gasteiger partial charge in [-0.15, -0.1) is 12.4 Å². The zero-order valence-corrected chi connectivity index (χ0v) is 4.34. The summed E-state index contributed by atoms with van der Waals surface area (Å²) in [6.45, 7) is 0. The molecule has 0 aromatic rings. The van der Waals surface area contributed by atoms with E-state index in [1.54, 1.807) is 10.8 Å². The number of rotatable bonds is 0. The van der Waals surface area contributed by atoms with E-state index >= 15 is 0 Å². The number of nitrogens with zero attached hydrogens (tertiary/aromatic N) is 2. The van der Waals surface area contributed by atoms with E-state index in [0.717, 1.165) is 0 Å². The maximum atomic E-state index is 7.56. The van der Waals surface area contributed by atoms with Crippen LogP contribution in [0.5, 0.6) is 0 Å². The van der Waals surface area contributed by atoms with E-state index in [1.165, 1.54) is 0 Å². The highest BCUT2D eigenvalue weighted by molar-refractivity contribution is 8.07. The summed E-state index contributed by atoms with van der Waals surface area (Å²) in [6, 6.07) is 0. The number of thioether (sulfide) groups is 1. The predicted octanol–water partition coefficient (Wildman–Crippen LogP) is 1.10. The number of halogens is 1. The van der Waals surface area contributed by atoms with Gasteiger partial charge < -0.3 is 0 Å². The molecule has 0 fully saturated rings. The van der Waals surface area contributed by atoms with Crippen molar-refractivity contribution in [3.05, 3.63) is 0 Å². The topological polar surface area (TPSA) is 47.6 Å². The van der Waals surface area contributed by atoms with Crippen LogP contribution in [0.15, 0.2) is 0 Å². The minimum Gasteiger partial charge on any atom is -0.184 e. The smallest absolute Gasteiger partial charge is 0.149 e. The number of nitriles is 2. The van der Waals surface area contributed by atoms with Gasteiger partial charge in [0.05, 0.1) is 11.8 Å². The van der Waals surface area contributed by atoms with Crippen LogP contribution >= 0.6 is 24.2 Å². The monoisotopic (exact) mass is 120 g/mol. The van der Waals surface area contributed by atoms with Gasteiger partial charge in [0, 0.05) is 0 Å². The van der Waals surface area contributed by atoms with Crippen LogP contribution < -0.4 is 0 Å². The normalized spacial score (nSPS) is 3.67. The molecule has 0 aliphatic rings. The molecule has 0 aromatic heterocycles. The predicted molar refractivity (Wildman–Crippen MR) is 26.1 cm³/mol. The van der Waals surface area contributed by atoms with Gasteiger partial charge in [-0.1, -0.05) is 0 Å². The standard InChI is InChI=1S/C2N2S.ClH/c3-1-5-2-4;/h;1H. The molecular weight excluding hydrogens is 120 g/mol. The van der Waals surface area contributed by atoms with E-state index in [-0.39, 0.29) is 12.4 Å². The molecule has 6 heavy (non-hydrogen) atoms. The van der Waals surface area contributed by atoms with Crippen LogP contribution in [0.2, 0.25) is 0 Å². The quantitative estimate of drug-likeness (QED) is 0.450. The summed E-state index contributed by atoms with van der Waals surface area (Å²) >= 11 is 0.574. The summed E-state index contributed by atoms with van der Waals surface area (Å²) in [5.41, 5.74) is 0. The Balaban J connectivity index is 0. The zero-order chi connectivity index (χ0) is 4.12. The van der Waals surface area contributed by atoms with E-state index in [4.69, 9.17) is 10.5 Å². The molecule has 0 atom stereocenters. The molecule has 0 saturated heterocycles. The van der Waals surface area contributed by atoms with Crippen molar-refractivity contribution in [1.82, 2.24) is 0 Å². The first-order valence-corrected chi connectivity index (χ1v) is 1.67. The highest BCUT2D eigenvalue weighted by atomic mass is 35.5. The summed E-state index contributed by atoms with van der Waals surface area (Å²) in [4.78, 5) is 0. The van der Waals surface area contributed by atoms with Gasteiger partial charge in [-0.05, 0) is 0 Å². The molecule has 0 amide bonds. The van der Waals surface area contributed by atoms with Crippen molar-refractivity contribution >= 4 is 24.2 Å². The van der Waals surface area contributed by atoms with Crippen LogP contribution in [-0.2, 0) is 0 Å². The number of thiocyanates is 2. The lowest BCUT2D eigenvalue weighted by Crippen LogP contribution is -1.29. The average Bonchev–Trinajstić information content (AvgIpc) is 1.41. The van der Waals surface area contributed by atoms with Crippen LogP contribution in [0.4, 0.5) is 0 Å². The molecule has 0 N–H and O–H groups in total. The van der Waals surface area contributed by atoms with Crippen LogP contribution in [0.25, 0.3) is 0 Å². The molecule has 0 heterocycles. The van der Waals surface area contributed by atoms with Gasteiger partial charge in [0.1, 0.15) is 10.8 Å². The second-order valence-electron chi connectivity index (χ2n) is 0.285. The molecule has 0 aliphatic heterocycles. The Morgan fingerprint density at radius 3 is 1.50 bits per heavy atom. The maximum Gasteiger partial charge on any atom is 0.149 e. The van der Waals surface area contributed by atoms with E-state index in [1.807, 2.05) is 0 Å². The summed E-state index contributed by atoms with van der Waals surface area (Å²) in [5, 5.41) is 18.3. The molecule has 0 rings (SSSR count). The number of hydrogen-bond acceptors (Lipinski definition) is 3. The molecule has 4 heteroatoms.